The van der Waals surface area contributed by atoms with Crippen LogP contribution in [0.2, 0.25) is 0 Å². The van der Waals surface area contributed by atoms with Gasteiger partial charge in [-0.25, -0.2) is 4.68 Å². The van der Waals surface area contributed by atoms with Crippen LogP contribution in [0.1, 0.15) is 44.1 Å². The van der Waals surface area contributed by atoms with Crippen molar-refractivity contribution in [3.8, 4) is 0 Å². The van der Waals surface area contributed by atoms with Gasteiger partial charge in [-0.3, -0.25) is 14.6 Å². The Balaban J connectivity index is 1.44. The van der Waals surface area contributed by atoms with E-state index in [0.29, 0.717) is 12.5 Å². The molecule has 1 saturated heterocycles. The van der Waals surface area contributed by atoms with Crippen molar-refractivity contribution in [1.29, 1.82) is 0 Å². The van der Waals surface area contributed by atoms with Crippen LogP contribution < -0.4 is 10.2 Å². The van der Waals surface area contributed by atoms with Gasteiger partial charge in [0.05, 0.1) is 6.20 Å². The smallest absolute Gasteiger partial charge is 0.273 e. The molecule has 0 saturated carbocycles. The first-order valence-corrected chi connectivity index (χ1v) is 9.69. The fourth-order valence-corrected chi connectivity index (χ4v) is 3.14. The number of hydrogen-bond donors (Lipinski definition) is 1. The topological polar surface area (TPSA) is 93.0 Å². The molecule has 8 nitrogen and oxygen atoms in total. The number of hydrogen-bond acceptors (Lipinski definition) is 6. The summed E-state index contributed by atoms with van der Waals surface area (Å²) in [6.45, 7) is 8.26. The Morgan fingerprint density at radius 3 is 2.50 bits per heavy atom. The van der Waals surface area contributed by atoms with Gasteiger partial charge < -0.3 is 10.2 Å². The van der Waals surface area contributed by atoms with Crippen molar-refractivity contribution in [2.24, 2.45) is 11.3 Å². The second-order valence-electron chi connectivity index (χ2n) is 8.32. The maximum absolute atomic E-state index is 12.3. The van der Waals surface area contributed by atoms with E-state index in [9.17, 15) is 9.59 Å². The van der Waals surface area contributed by atoms with Gasteiger partial charge in [-0.1, -0.05) is 26.0 Å². The average molecular weight is 384 g/mol. The fraction of sp³-hybridized carbons (Fsp3) is 0.550. The van der Waals surface area contributed by atoms with Crippen molar-refractivity contribution in [3.63, 3.8) is 0 Å². The molecular weight excluding hydrogens is 356 g/mol. The van der Waals surface area contributed by atoms with Gasteiger partial charge in [-0.15, -0.1) is 5.10 Å². The number of rotatable bonds is 6. The Kier molecular flexibility index (Phi) is 6.06. The number of amides is 1. The number of aromatic nitrogens is 4. The summed E-state index contributed by atoms with van der Waals surface area (Å²) in [7, 11) is 0. The average Bonchev–Trinajstić information content (AvgIpc) is 3.15. The third-order valence-electron chi connectivity index (χ3n) is 5.11. The van der Waals surface area contributed by atoms with Crippen LogP contribution in [0.25, 0.3) is 0 Å². The number of anilines is 1. The molecule has 3 heterocycles. The lowest BCUT2D eigenvalue weighted by atomic mass is 9.91. The summed E-state index contributed by atoms with van der Waals surface area (Å²) in [6.07, 6.45) is 7.20. The van der Waals surface area contributed by atoms with E-state index in [1.165, 1.54) is 16.6 Å². The van der Waals surface area contributed by atoms with Crippen molar-refractivity contribution in [2.75, 3.05) is 24.5 Å². The summed E-state index contributed by atoms with van der Waals surface area (Å²) in [4.78, 5) is 30.8. The lowest BCUT2D eigenvalue weighted by Gasteiger charge is -2.33. The summed E-state index contributed by atoms with van der Waals surface area (Å²) < 4.78 is 1.43. The number of ketones is 1. The van der Waals surface area contributed by atoms with E-state index in [0.717, 1.165) is 25.9 Å². The molecule has 0 aromatic carbocycles. The van der Waals surface area contributed by atoms with Gasteiger partial charge in [0.15, 0.2) is 11.5 Å². The molecule has 2 aromatic rings. The van der Waals surface area contributed by atoms with Crippen LogP contribution in [0.3, 0.4) is 0 Å². The third-order valence-corrected chi connectivity index (χ3v) is 5.11. The van der Waals surface area contributed by atoms with Gasteiger partial charge in [-0.2, -0.15) is 0 Å². The first kappa shape index (κ1) is 20.0. The second-order valence-corrected chi connectivity index (χ2v) is 8.32. The molecule has 2 aromatic heterocycles. The van der Waals surface area contributed by atoms with E-state index in [4.69, 9.17) is 0 Å². The quantitative estimate of drug-likeness (QED) is 0.818. The zero-order valence-electron chi connectivity index (χ0n) is 16.8. The highest BCUT2D eigenvalue weighted by molar-refractivity contribution is 5.92. The highest BCUT2D eigenvalue weighted by Gasteiger charge is 2.23. The van der Waals surface area contributed by atoms with Gasteiger partial charge >= 0.3 is 0 Å². The van der Waals surface area contributed by atoms with Crippen molar-refractivity contribution < 1.29 is 9.59 Å². The van der Waals surface area contributed by atoms with Crippen molar-refractivity contribution in [2.45, 2.75) is 40.2 Å². The summed E-state index contributed by atoms with van der Waals surface area (Å²) in [5, 5.41) is 10.8. The van der Waals surface area contributed by atoms with Crippen molar-refractivity contribution in [3.05, 3.63) is 36.4 Å². The molecule has 28 heavy (non-hydrogen) atoms. The number of carbonyl (C=O) groups is 2. The van der Waals surface area contributed by atoms with E-state index >= 15 is 0 Å². The predicted molar refractivity (Wildman–Crippen MR) is 106 cm³/mol. The highest BCUT2D eigenvalue weighted by atomic mass is 16.2. The van der Waals surface area contributed by atoms with E-state index in [1.54, 1.807) is 0 Å². The Hall–Kier alpha value is -2.77. The van der Waals surface area contributed by atoms with Crippen LogP contribution in [0, 0.1) is 11.3 Å². The van der Waals surface area contributed by atoms with E-state index < -0.39 is 5.41 Å². The first-order chi connectivity index (χ1) is 13.3. The number of nitrogens with zero attached hydrogens (tertiary/aromatic N) is 5. The molecule has 1 N–H and O–H groups in total. The molecule has 0 bridgehead atoms. The van der Waals surface area contributed by atoms with Crippen LogP contribution in [0.15, 0.2) is 30.7 Å². The molecule has 1 fully saturated rings. The number of piperidine rings is 1. The van der Waals surface area contributed by atoms with Gasteiger partial charge in [0, 0.05) is 43.1 Å². The summed E-state index contributed by atoms with van der Waals surface area (Å²) >= 11 is 0. The minimum Gasteiger partial charge on any atom is -0.371 e. The predicted octanol–water partition coefficient (Wildman–Crippen LogP) is 1.93. The first-order valence-electron chi connectivity index (χ1n) is 9.69. The standard InChI is InChI=1S/C20H28N6O2/c1-20(2,3)18(27)14-26-13-17(23-24-26)19(28)22-12-15-6-10-25(11-7-15)16-4-8-21-9-5-16/h4-5,8-9,13,15H,6-7,10-12,14H2,1-3H3,(H,22,28). The summed E-state index contributed by atoms with van der Waals surface area (Å²) in [6, 6.07) is 4.05. The largest absolute Gasteiger partial charge is 0.371 e. The number of pyridine rings is 1. The minimum atomic E-state index is -0.445. The molecule has 1 aliphatic rings. The Labute approximate surface area is 165 Å². The maximum Gasteiger partial charge on any atom is 0.273 e. The number of carbonyl (C=O) groups excluding carboxylic acids is 2. The van der Waals surface area contributed by atoms with E-state index in [1.807, 2.05) is 45.3 Å². The lowest BCUT2D eigenvalue weighted by molar-refractivity contribution is -0.127. The molecule has 1 amide bonds. The molecule has 0 unspecified atom stereocenters. The minimum absolute atomic E-state index is 0.0466. The summed E-state index contributed by atoms with van der Waals surface area (Å²) in [5.74, 6) is 0.246. The van der Waals surface area contributed by atoms with Gasteiger partial charge in [-0.05, 0) is 30.9 Å². The van der Waals surface area contributed by atoms with Crippen LogP contribution >= 0.6 is 0 Å². The molecule has 8 heteroatoms. The Morgan fingerprint density at radius 2 is 1.86 bits per heavy atom. The molecule has 150 valence electrons. The van der Waals surface area contributed by atoms with Crippen LogP contribution in [0.4, 0.5) is 5.69 Å². The molecule has 0 atom stereocenters. The maximum atomic E-state index is 12.3. The molecule has 0 spiro atoms. The number of nitrogens with one attached hydrogen (secondary N) is 1. The molecule has 0 aliphatic carbocycles. The van der Waals surface area contributed by atoms with Crippen molar-refractivity contribution >= 4 is 17.4 Å². The highest BCUT2D eigenvalue weighted by Crippen LogP contribution is 2.22. The molecule has 3 rings (SSSR count). The van der Waals surface area contributed by atoms with Crippen LogP contribution in [-0.2, 0) is 11.3 Å². The lowest BCUT2D eigenvalue weighted by Crippen LogP contribution is -2.38. The monoisotopic (exact) mass is 384 g/mol. The van der Waals surface area contributed by atoms with Crippen LogP contribution in [-0.4, -0.2) is 51.3 Å². The van der Waals surface area contributed by atoms with E-state index in [2.05, 4.69) is 25.5 Å². The zero-order chi connectivity index (χ0) is 20.1. The molecular formula is C20H28N6O2. The van der Waals surface area contributed by atoms with Gasteiger partial charge in [0.25, 0.3) is 5.91 Å². The molecule has 0 radical (unpaired) electrons. The molecule has 1 aliphatic heterocycles. The van der Waals surface area contributed by atoms with Gasteiger partial charge in [0.1, 0.15) is 6.54 Å². The normalized spacial score (nSPS) is 15.5. The van der Waals surface area contributed by atoms with E-state index in [-0.39, 0.29) is 23.9 Å². The van der Waals surface area contributed by atoms with Gasteiger partial charge in [0.2, 0.25) is 0 Å². The summed E-state index contributed by atoms with van der Waals surface area (Å²) in [5.41, 5.74) is 0.995. The Bertz CT molecular complexity index is 804. The fourth-order valence-electron chi connectivity index (χ4n) is 3.14. The third kappa shape index (κ3) is 5.15. The SMILES string of the molecule is CC(C)(C)C(=O)Cn1cc(C(=O)NCC2CCN(c3ccncc3)CC2)nn1. The van der Waals surface area contributed by atoms with Crippen LogP contribution in [0.5, 0.6) is 0 Å². The second kappa shape index (κ2) is 8.50. The number of Topliss-reactive ketones (excluding diaryl/α,β-unsaturated/α-hetero) is 1. The Morgan fingerprint density at radius 1 is 1.18 bits per heavy atom. The van der Waals surface area contributed by atoms with Crippen molar-refractivity contribution in [1.82, 2.24) is 25.3 Å². The zero-order valence-corrected chi connectivity index (χ0v) is 16.8.